The molecule has 0 aliphatic carbocycles. The van der Waals surface area contributed by atoms with Gasteiger partial charge in [-0.05, 0) is 55.3 Å². The van der Waals surface area contributed by atoms with Gasteiger partial charge in [-0.2, -0.15) is 0 Å². The topological polar surface area (TPSA) is 24.9 Å². The molecule has 2 aromatic rings. The summed E-state index contributed by atoms with van der Waals surface area (Å²) in [5.74, 6) is 0. The Morgan fingerprint density at radius 3 is 2.76 bits per heavy atom. The minimum atomic E-state index is 0.255. The molecule has 4 heteroatoms. The SMILES string of the molecule is CCCNC(Cc1ncccc1C)c1cc(Br)ccc1Br. The summed E-state index contributed by atoms with van der Waals surface area (Å²) in [6.07, 6.45) is 3.88. The van der Waals surface area contributed by atoms with Gasteiger partial charge in [0.2, 0.25) is 0 Å². The number of halogens is 2. The van der Waals surface area contributed by atoms with Crippen molar-refractivity contribution in [2.45, 2.75) is 32.7 Å². The normalized spacial score (nSPS) is 12.4. The van der Waals surface area contributed by atoms with Gasteiger partial charge in [0.15, 0.2) is 0 Å². The summed E-state index contributed by atoms with van der Waals surface area (Å²) >= 11 is 7.24. The number of rotatable bonds is 6. The highest BCUT2D eigenvalue weighted by Crippen LogP contribution is 2.29. The lowest BCUT2D eigenvalue weighted by Crippen LogP contribution is -2.25. The van der Waals surface area contributed by atoms with Gasteiger partial charge in [0.05, 0.1) is 0 Å². The molecule has 1 aromatic heterocycles. The molecule has 1 unspecified atom stereocenters. The number of aryl methyl sites for hydroxylation is 1. The monoisotopic (exact) mass is 410 g/mol. The first kappa shape index (κ1) is 16.7. The first-order valence-electron chi connectivity index (χ1n) is 7.20. The minimum absolute atomic E-state index is 0.255. The fourth-order valence-corrected chi connectivity index (χ4v) is 3.22. The van der Waals surface area contributed by atoms with Crippen LogP contribution in [0.1, 0.15) is 36.2 Å². The van der Waals surface area contributed by atoms with Crippen LogP contribution in [0.2, 0.25) is 0 Å². The van der Waals surface area contributed by atoms with Crippen molar-refractivity contribution in [3.63, 3.8) is 0 Å². The number of hydrogen-bond acceptors (Lipinski definition) is 2. The van der Waals surface area contributed by atoms with Crippen LogP contribution in [-0.4, -0.2) is 11.5 Å². The molecule has 0 aliphatic heterocycles. The number of hydrogen-bond donors (Lipinski definition) is 1. The third-order valence-corrected chi connectivity index (χ3v) is 4.70. The van der Waals surface area contributed by atoms with Gasteiger partial charge in [-0.1, -0.05) is 44.8 Å². The van der Waals surface area contributed by atoms with E-state index in [0.29, 0.717) is 0 Å². The predicted octanol–water partition coefficient (Wildman–Crippen LogP) is 5.20. The van der Waals surface area contributed by atoms with Gasteiger partial charge < -0.3 is 5.32 Å². The smallest absolute Gasteiger partial charge is 0.0451 e. The van der Waals surface area contributed by atoms with Crippen LogP contribution in [0.3, 0.4) is 0 Å². The Hall–Kier alpha value is -0.710. The van der Waals surface area contributed by atoms with Gasteiger partial charge >= 0.3 is 0 Å². The molecule has 0 fully saturated rings. The molecule has 2 rings (SSSR count). The van der Waals surface area contributed by atoms with E-state index in [4.69, 9.17) is 0 Å². The van der Waals surface area contributed by atoms with Crippen molar-refractivity contribution in [2.24, 2.45) is 0 Å². The van der Waals surface area contributed by atoms with Crippen LogP contribution in [0, 0.1) is 6.92 Å². The van der Waals surface area contributed by atoms with Gasteiger partial charge in [0.1, 0.15) is 0 Å². The first-order valence-corrected chi connectivity index (χ1v) is 8.79. The summed E-state index contributed by atoms with van der Waals surface area (Å²) < 4.78 is 2.23. The minimum Gasteiger partial charge on any atom is -0.310 e. The quantitative estimate of drug-likeness (QED) is 0.706. The molecule has 0 saturated heterocycles. The Bertz CT molecular complexity index is 599. The average molecular weight is 412 g/mol. The van der Waals surface area contributed by atoms with Crippen LogP contribution in [-0.2, 0) is 6.42 Å². The van der Waals surface area contributed by atoms with Crippen molar-refractivity contribution in [1.29, 1.82) is 0 Å². The summed E-state index contributed by atoms with van der Waals surface area (Å²) in [7, 11) is 0. The molecule has 0 spiro atoms. The van der Waals surface area contributed by atoms with Gasteiger partial charge in [-0.15, -0.1) is 0 Å². The van der Waals surface area contributed by atoms with E-state index in [0.717, 1.165) is 34.0 Å². The zero-order chi connectivity index (χ0) is 15.2. The number of nitrogens with zero attached hydrogens (tertiary/aromatic N) is 1. The second kappa shape index (κ2) is 8.06. The molecule has 2 nitrogen and oxygen atoms in total. The Labute approximate surface area is 143 Å². The van der Waals surface area contributed by atoms with E-state index in [1.54, 1.807) is 0 Å². The summed E-state index contributed by atoms with van der Waals surface area (Å²) in [6, 6.07) is 10.7. The maximum atomic E-state index is 4.54. The Morgan fingerprint density at radius 1 is 1.24 bits per heavy atom. The lowest BCUT2D eigenvalue weighted by atomic mass is 9.99. The van der Waals surface area contributed by atoms with Crippen LogP contribution in [0.15, 0.2) is 45.5 Å². The van der Waals surface area contributed by atoms with E-state index in [2.05, 4.69) is 80.3 Å². The molecule has 1 heterocycles. The largest absolute Gasteiger partial charge is 0.310 e. The number of nitrogens with one attached hydrogen (secondary N) is 1. The molecule has 0 radical (unpaired) electrons. The lowest BCUT2D eigenvalue weighted by Gasteiger charge is -2.21. The molecule has 112 valence electrons. The van der Waals surface area contributed by atoms with Crippen LogP contribution in [0.25, 0.3) is 0 Å². The summed E-state index contributed by atoms with van der Waals surface area (Å²) in [5, 5.41) is 3.64. The maximum absolute atomic E-state index is 4.54. The van der Waals surface area contributed by atoms with Crippen LogP contribution in [0.5, 0.6) is 0 Å². The lowest BCUT2D eigenvalue weighted by molar-refractivity contribution is 0.521. The number of benzene rings is 1. The maximum Gasteiger partial charge on any atom is 0.0451 e. The van der Waals surface area contributed by atoms with E-state index in [1.165, 1.54) is 11.1 Å². The zero-order valence-electron chi connectivity index (χ0n) is 12.4. The van der Waals surface area contributed by atoms with Crippen LogP contribution in [0.4, 0.5) is 0 Å². The molecule has 21 heavy (non-hydrogen) atoms. The van der Waals surface area contributed by atoms with Gasteiger partial charge in [0, 0.05) is 33.3 Å². The molecule has 1 N–H and O–H groups in total. The van der Waals surface area contributed by atoms with Crippen molar-refractivity contribution < 1.29 is 0 Å². The van der Waals surface area contributed by atoms with Crippen molar-refractivity contribution in [3.05, 3.63) is 62.3 Å². The van der Waals surface area contributed by atoms with E-state index >= 15 is 0 Å². The highest BCUT2D eigenvalue weighted by Gasteiger charge is 2.16. The number of pyridine rings is 1. The summed E-state index contributed by atoms with van der Waals surface area (Å²) in [6.45, 7) is 5.30. The summed E-state index contributed by atoms with van der Waals surface area (Å²) in [5.41, 5.74) is 3.66. The molecule has 0 saturated carbocycles. The molecule has 1 atom stereocenters. The van der Waals surface area contributed by atoms with E-state index in [1.807, 2.05) is 12.3 Å². The van der Waals surface area contributed by atoms with Crippen molar-refractivity contribution >= 4 is 31.9 Å². The second-order valence-electron chi connectivity index (χ2n) is 5.14. The molecular weight excluding hydrogens is 392 g/mol. The van der Waals surface area contributed by atoms with Gasteiger partial charge in [0.25, 0.3) is 0 Å². The highest BCUT2D eigenvalue weighted by molar-refractivity contribution is 9.11. The van der Waals surface area contributed by atoms with E-state index in [9.17, 15) is 0 Å². The molecule has 1 aromatic carbocycles. The molecular formula is C17H20Br2N2. The van der Waals surface area contributed by atoms with Crippen molar-refractivity contribution in [3.8, 4) is 0 Å². The fourth-order valence-electron chi connectivity index (χ4n) is 2.32. The first-order chi connectivity index (χ1) is 10.1. The van der Waals surface area contributed by atoms with Crippen molar-refractivity contribution in [1.82, 2.24) is 10.3 Å². The Balaban J connectivity index is 2.30. The summed E-state index contributed by atoms with van der Waals surface area (Å²) in [4.78, 5) is 4.54. The van der Waals surface area contributed by atoms with Gasteiger partial charge in [-0.25, -0.2) is 0 Å². The van der Waals surface area contributed by atoms with Crippen LogP contribution >= 0.6 is 31.9 Å². The Morgan fingerprint density at radius 2 is 2.05 bits per heavy atom. The third-order valence-electron chi connectivity index (χ3n) is 3.49. The van der Waals surface area contributed by atoms with Crippen LogP contribution < -0.4 is 5.32 Å². The third kappa shape index (κ3) is 4.63. The fraction of sp³-hybridized carbons (Fsp3) is 0.353. The average Bonchev–Trinajstić information content (AvgIpc) is 2.48. The molecule has 0 bridgehead atoms. The predicted molar refractivity (Wildman–Crippen MR) is 95.6 cm³/mol. The molecule has 0 amide bonds. The Kier molecular flexibility index (Phi) is 6.40. The molecule has 0 aliphatic rings. The van der Waals surface area contributed by atoms with Crippen molar-refractivity contribution in [2.75, 3.05) is 6.54 Å². The highest BCUT2D eigenvalue weighted by atomic mass is 79.9. The van der Waals surface area contributed by atoms with Gasteiger partial charge in [-0.3, -0.25) is 4.98 Å². The van der Waals surface area contributed by atoms with E-state index in [-0.39, 0.29) is 6.04 Å². The zero-order valence-corrected chi connectivity index (χ0v) is 15.5. The second-order valence-corrected chi connectivity index (χ2v) is 6.91. The number of aromatic nitrogens is 1. The standard InChI is InChI=1S/C17H20Br2N2/c1-3-8-20-17(11-16-12(2)5-4-9-21-16)14-10-13(18)6-7-15(14)19/h4-7,9-10,17,20H,3,8,11H2,1-2H3. The van der Waals surface area contributed by atoms with E-state index < -0.39 is 0 Å².